The Morgan fingerprint density at radius 1 is 1.00 bits per heavy atom. The van der Waals surface area contributed by atoms with Crippen LogP contribution in [-0.4, -0.2) is 16.6 Å². The molecule has 0 amide bonds. The number of halogens is 3. The van der Waals surface area contributed by atoms with Crippen molar-refractivity contribution in [1.29, 1.82) is 0 Å². The fraction of sp³-hybridized carbons (Fsp3) is 0.143. The number of alkyl halides is 3. The molecule has 0 saturated heterocycles. The molecule has 7 heteroatoms. The van der Waals surface area contributed by atoms with E-state index in [9.17, 15) is 23.4 Å². The molecule has 4 nitrogen and oxygen atoms in total. The Hall–Kier alpha value is -2.41. The van der Waals surface area contributed by atoms with Crippen LogP contribution in [0, 0.1) is 0 Å². The van der Waals surface area contributed by atoms with Crippen molar-refractivity contribution in [1.82, 2.24) is 0 Å². The first-order chi connectivity index (χ1) is 9.78. The van der Waals surface area contributed by atoms with Gasteiger partial charge in [0.05, 0.1) is 6.04 Å². The van der Waals surface area contributed by atoms with Crippen LogP contribution in [0.2, 0.25) is 0 Å². The molecule has 0 radical (unpaired) electrons. The summed E-state index contributed by atoms with van der Waals surface area (Å²) in [5.74, 6) is -1.04. The van der Waals surface area contributed by atoms with Gasteiger partial charge < -0.3 is 20.7 Å². The second kappa shape index (κ2) is 5.53. The average Bonchev–Trinajstić information content (AvgIpc) is 2.40. The number of rotatable bonds is 3. The average molecular weight is 299 g/mol. The second-order valence-corrected chi connectivity index (χ2v) is 4.31. The van der Waals surface area contributed by atoms with Crippen molar-refractivity contribution in [3.8, 4) is 17.2 Å². The SMILES string of the molecule is N[C@@H](c1ccc(OC(F)(F)F)cc1)c1cccc(O)c1O. The summed E-state index contributed by atoms with van der Waals surface area (Å²) >= 11 is 0. The van der Waals surface area contributed by atoms with Gasteiger partial charge in [0.2, 0.25) is 0 Å². The number of aromatic hydroxyl groups is 2. The zero-order valence-corrected chi connectivity index (χ0v) is 10.6. The van der Waals surface area contributed by atoms with E-state index in [0.29, 0.717) is 5.56 Å². The first kappa shape index (κ1) is 15.0. The molecule has 0 bridgehead atoms. The van der Waals surface area contributed by atoms with E-state index < -0.39 is 12.4 Å². The van der Waals surface area contributed by atoms with E-state index >= 15 is 0 Å². The largest absolute Gasteiger partial charge is 0.573 e. The summed E-state index contributed by atoms with van der Waals surface area (Å²) in [6.07, 6.45) is -4.76. The van der Waals surface area contributed by atoms with Gasteiger partial charge in [-0.3, -0.25) is 0 Å². The molecule has 0 aliphatic heterocycles. The molecule has 2 rings (SSSR count). The highest BCUT2D eigenvalue weighted by Gasteiger charge is 2.31. The predicted molar refractivity (Wildman–Crippen MR) is 68.9 cm³/mol. The van der Waals surface area contributed by atoms with Crippen LogP contribution in [0.25, 0.3) is 0 Å². The van der Waals surface area contributed by atoms with E-state index in [4.69, 9.17) is 5.73 Å². The molecule has 0 aliphatic carbocycles. The highest BCUT2D eigenvalue weighted by Crippen LogP contribution is 2.34. The summed E-state index contributed by atoms with van der Waals surface area (Å²) in [7, 11) is 0. The highest BCUT2D eigenvalue weighted by molar-refractivity contribution is 5.49. The minimum atomic E-state index is -4.76. The molecular formula is C14H12F3NO3. The van der Waals surface area contributed by atoms with E-state index in [1.165, 1.54) is 30.3 Å². The topological polar surface area (TPSA) is 75.7 Å². The van der Waals surface area contributed by atoms with Crippen molar-refractivity contribution in [3.63, 3.8) is 0 Å². The lowest BCUT2D eigenvalue weighted by Gasteiger charge is -2.15. The number of benzene rings is 2. The van der Waals surface area contributed by atoms with E-state index in [1.807, 2.05) is 0 Å². The quantitative estimate of drug-likeness (QED) is 0.761. The van der Waals surface area contributed by atoms with Crippen molar-refractivity contribution in [2.75, 3.05) is 0 Å². The Morgan fingerprint density at radius 2 is 1.62 bits per heavy atom. The number of phenolic OH excluding ortho intramolecular Hbond substituents is 2. The number of ether oxygens (including phenoxy) is 1. The van der Waals surface area contributed by atoms with Crippen LogP contribution in [0.4, 0.5) is 13.2 Å². The monoisotopic (exact) mass is 299 g/mol. The lowest BCUT2D eigenvalue weighted by atomic mass is 9.98. The first-order valence-electron chi connectivity index (χ1n) is 5.90. The molecule has 4 N–H and O–H groups in total. The molecule has 0 saturated carbocycles. The maximum absolute atomic E-state index is 12.1. The fourth-order valence-electron chi connectivity index (χ4n) is 1.86. The summed E-state index contributed by atoms with van der Waals surface area (Å²) in [5.41, 5.74) is 6.66. The lowest BCUT2D eigenvalue weighted by molar-refractivity contribution is -0.274. The summed E-state index contributed by atoms with van der Waals surface area (Å²) in [6.45, 7) is 0. The maximum atomic E-state index is 12.1. The Balaban J connectivity index is 2.24. The maximum Gasteiger partial charge on any atom is 0.573 e. The van der Waals surface area contributed by atoms with Crippen LogP contribution in [0.5, 0.6) is 17.2 Å². The summed E-state index contributed by atoms with van der Waals surface area (Å²) in [5, 5.41) is 19.2. The molecule has 112 valence electrons. The van der Waals surface area contributed by atoms with Gasteiger partial charge in [-0.05, 0) is 23.8 Å². The third kappa shape index (κ3) is 3.57. The van der Waals surface area contributed by atoms with Crippen molar-refractivity contribution in [3.05, 3.63) is 53.6 Å². The van der Waals surface area contributed by atoms with Crippen LogP contribution >= 0.6 is 0 Å². The van der Waals surface area contributed by atoms with Crippen molar-refractivity contribution in [2.24, 2.45) is 5.73 Å². The van der Waals surface area contributed by atoms with E-state index in [0.717, 1.165) is 12.1 Å². The van der Waals surface area contributed by atoms with Crippen LogP contribution < -0.4 is 10.5 Å². The van der Waals surface area contributed by atoms with Gasteiger partial charge in [-0.15, -0.1) is 13.2 Å². The number of phenols is 2. The van der Waals surface area contributed by atoms with E-state index in [1.54, 1.807) is 0 Å². The van der Waals surface area contributed by atoms with Crippen LogP contribution in [0.1, 0.15) is 17.2 Å². The Kier molecular flexibility index (Phi) is 3.95. The molecule has 0 unspecified atom stereocenters. The molecule has 0 aliphatic rings. The van der Waals surface area contributed by atoms with Gasteiger partial charge in [-0.2, -0.15) is 0 Å². The molecule has 0 fully saturated rings. The number of hydrogen-bond acceptors (Lipinski definition) is 4. The van der Waals surface area contributed by atoms with Gasteiger partial charge in [-0.1, -0.05) is 24.3 Å². The summed E-state index contributed by atoms with van der Waals surface area (Å²) in [4.78, 5) is 0. The van der Waals surface area contributed by atoms with Gasteiger partial charge >= 0.3 is 6.36 Å². The number of hydrogen-bond donors (Lipinski definition) is 3. The predicted octanol–water partition coefficient (Wildman–Crippen LogP) is 3.04. The van der Waals surface area contributed by atoms with Crippen molar-refractivity contribution in [2.45, 2.75) is 12.4 Å². The van der Waals surface area contributed by atoms with E-state index in [-0.39, 0.29) is 22.8 Å². The Bertz CT molecular complexity index is 626. The molecule has 2 aromatic carbocycles. The third-order valence-electron chi connectivity index (χ3n) is 2.85. The standard InChI is InChI=1S/C14H12F3NO3/c15-14(16,17)21-9-6-4-8(5-7-9)12(18)10-2-1-3-11(19)13(10)20/h1-7,12,19-20H,18H2/t12-/m0/s1. The van der Waals surface area contributed by atoms with Crippen molar-refractivity contribution < 1.29 is 28.1 Å². The second-order valence-electron chi connectivity index (χ2n) is 4.31. The fourth-order valence-corrected chi connectivity index (χ4v) is 1.86. The minimum absolute atomic E-state index is 0.263. The molecule has 0 heterocycles. The van der Waals surface area contributed by atoms with Crippen LogP contribution in [0.15, 0.2) is 42.5 Å². The van der Waals surface area contributed by atoms with Crippen LogP contribution in [0.3, 0.4) is 0 Å². The molecule has 0 aromatic heterocycles. The van der Waals surface area contributed by atoms with Gasteiger partial charge in [0.1, 0.15) is 5.75 Å². The third-order valence-corrected chi connectivity index (χ3v) is 2.85. The molecule has 0 spiro atoms. The van der Waals surface area contributed by atoms with Gasteiger partial charge in [0, 0.05) is 5.56 Å². The normalized spacial score (nSPS) is 13.0. The lowest BCUT2D eigenvalue weighted by Crippen LogP contribution is -2.17. The van der Waals surface area contributed by atoms with Crippen LogP contribution in [-0.2, 0) is 0 Å². The van der Waals surface area contributed by atoms with Gasteiger partial charge in [0.25, 0.3) is 0 Å². The van der Waals surface area contributed by atoms with Gasteiger partial charge in [-0.25, -0.2) is 0 Å². The summed E-state index contributed by atoms with van der Waals surface area (Å²) < 4.78 is 39.9. The summed E-state index contributed by atoms with van der Waals surface area (Å²) in [6, 6.07) is 8.49. The van der Waals surface area contributed by atoms with Crippen molar-refractivity contribution >= 4 is 0 Å². The Morgan fingerprint density at radius 3 is 2.19 bits per heavy atom. The number of nitrogens with two attached hydrogens (primary N) is 1. The molecule has 2 aromatic rings. The zero-order valence-electron chi connectivity index (χ0n) is 10.6. The zero-order chi connectivity index (χ0) is 15.6. The Labute approximate surface area is 118 Å². The minimum Gasteiger partial charge on any atom is -0.504 e. The molecule has 1 atom stereocenters. The first-order valence-corrected chi connectivity index (χ1v) is 5.90. The van der Waals surface area contributed by atoms with Gasteiger partial charge in [0.15, 0.2) is 11.5 Å². The smallest absolute Gasteiger partial charge is 0.504 e. The highest BCUT2D eigenvalue weighted by atomic mass is 19.4. The molecule has 21 heavy (non-hydrogen) atoms. The van der Waals surface area contributed by atoms with E-state index in [2.05, 4.69) is 4.74 Å². The molecular weight excluding hydrogens is 287 g/mol. The number of para-hydroxylation sites is 1.